The standard InChI is InChI=1S/C11H15NO/c1-8-2-5-10(6-11(8)12)13-7-9-3-4-9/h2,5-6,9H,3-4,7,12H2,1H3. The van der Waals surface area contributed by atoms with E-state index >= 15 is 0 Å². The Balaban J connectivity index is 1.98. The number of benzene rings is 1. The zero-order valence-electron chi connectivity index (χ0n) is 7.92. The summed E-state index contributed by atoms with van der Waals surface area (Å²) in [5.74, 6) is 1.69. The summed E-state index contributed by atoms with van der Waals surface area (Å²) >= 11 is 0. The van der Waals surface area contributed by atoms with Gasteiger partial charge < -0.3 is 10.5 Å². The van der Waals surface area contributed by atoms with Crippen molar-refractivity contribution in [2.75, 3.05) is 12.3 Å². The minimum absolute atomic E-state index is 0.794. The Morgan fingerprint density at radius 3 is 2.85 bits per heavy atom. The van der Waals surface area contributed by atoms with Crippen LogP contribution in [0.15, 0.2) is 18.2 Å². The molecule has 0 heterocycles. The molecule has 0 aliphatic heterocycles. The molecule has 2 N–H and O–H groups in total. The van der Waals surface area contributed by atoms with Crippen LogP contribution in [0.1, 0.15) is 18.4 Å². The van der Waals surface area contributed by atoms with Crippen LogP contribution < -0.4 is 10.5 Å². The van der Waals surface area contributed by atoms with Crippen LogP contribution in [0.2, 0.25) is 0 Å². The minimum atomic E-state index is 0.794. The van der Waals surface area contributed by atoms with Crippen molar-refractivity contribution in [2.24, 2.45) is 5.92 Å². The van der Waals surface area contributed by atoms with Gasteiger partial charge in [-0.1, -0.05) is 6.07 Å². The number of ether oxygens (including phenoxy) is 1. The second-order valence-electron chi connectivity index (χ2n) is 3.77. The average molecular weight is 177 g/mol. The lowest BCUT2D eigenvalue weighted by Crippen LogP contribution is -1.99. The molecule has 0 aromatic heterocycles. The fourth-order valence-electron chi connectivity index (χ4n) is 1.21. The highest BCUT2D eigenvalue weighted by Crippen LogP contribution is 2.30. The van der Waals surface area contributed by atoms with Crippen molar-refractivity contribution in [3.8, 4) is 5.75 Å². The van der Waals surface area contributed by atoms with Gasteiger partial charge in [-0.3, -0.25) is 0 Å². The van der Waals surface area contributed by atoms with Gasteiger partial charge in [-0.05, 0) is 37.3 Å². The van der Waals surface area contributed by atoms with Gasteiger partial charge in [-0.2, -0.15) is 0 Å². The molecule has 0 radical (unpaired) electrons. The zero-order valence-corrected chi connectivity index (χ0v) is 7.92. The van der Waals surface area contributed by atoms with E-state index in [-0.39, 0.29) is 0 Å². The molecule has 0 unspecified atom stereocenters. The van der Waals surface area contributed by atoms with Crippen molar-refractivity contribution < 1.29 is 4.74 Å². The third-order valence-electron chi connectivity index (χ3n) is 2.43. The highest BCUT2D eigenvalue weighted by Gasteiger charge is 2.21. The SMILES string of the molecule is Cc1ccc(OCC2CC2)cc1N. The normalized spacial score (nSPS) is 15.8. The van der Waals surface area contributed by atoms with E-state index < -0.39 is 0 Å². The summed E-state index contributed by atoms with van der Waals surface area (Å²) in [6.07, 6.45) is 2.64. The first-order valence-electron chi connectivity index (χ1n) is 4.74. The van der Waals surface area contributed by atoms with Crippen LogP contribution in [-0.2, 0) is 0 Å². The summed E-state index contributed by atoms with van der Waals surface area (Å²) in [6.45, 7) is 2.85. The quantitative estimate of drug-likeness (QED) is 0.719. The molecule has 0 atom stereocenters. The molecule has 2 rings (SSSR count). The van der Waals surface area contributed by atoms with E-state index in [1.807, 2.05) is 25.1 Å². The molecule has 1 aromatic carbocycles. The van der Waals surface area contributed by atoms with E-state index in [4.69, 9.17) is 10.5 Å². The van der Waals surface area contributed by atoms with E-state index in [1.165, 1.54) is 12.8 Å². The first-order chi connectivity index (χ1) is 6.25. The van der Waals surface area contributed by atoms with Crippen LogP contribution in [0.4, 0.5) is 5.69 Å². The Hall–Kier alpha value is -1.18. The van der Waals surface area contributed by atoms with Gasteiger partial charge in [0.25, 0.3) is 0 Å². The van der Waals surface area contributed by atoms with Crippen molar-refractivity contribution in [1.82, 2.24) is 0 Å². The average Bonchev–Trinajstić information content (AvgIpc) is 2.91. The fraction of sp³-hybridized carbons (Fsp3) is 0.455. The predicted molar refractivity (Wildman–Crippen MR) is 53.8 cm³/mol. The zero-order chi connectivity index (χ0) is 9.26. The molecule has 1 saturated carbocycles. The van der Waals surface area contributed by atoms with Crippen LogP contribution >= 0.6 is 0 Å². The van der Waals surface area contributed by atoms with Gasteiger partial charge in [-0.15, -0.1) is 0 Å². The minimum Gasteiger partial charge on any atom is -0.493 e. The van der Waals surface area contributed by atoms with E-state index in [0.717, 1.165) is 29.5 Å². The number of hydrogen-bond acceptors (Lipinski definition) is 2. The second kappa shape index (κ2) is 3.29. The Labute approximate surface area is 78.7 Å². The number of aryl methyl sites for hydroxylation is 1. The van der Waals surface area contributed by atoms with Gasteiger partial charge >= 0.3 is 0 Å². The van der Waals surface area contributed by atoms with Crippen molar-refractivity contribution in [3.05, 3.63) is 23.8 Å². The molecule has 0 amide bonds. The molecular formula is C11H15NO. The molecule has 1 aliphatic carbocycles. The highest BCUT2D eigenvalue weighted by atomic mass is 16.5. The molecule has 0 bridgehead atoms. The fourth-order valence-corrected chi connectivity index (χ4v) is 1.21. The molecule has 70 valence electrons. The molecule has 2 nitrogen and oxygen atoms in total. The van der Waals surface area contributed by atoms with Crippen LogP contribution in [0.5, 0.6) is 5.75 Å². The predicted octanol–water partition coefficient (Wildman–Crippen LogP) is 2.37. The largest absolute Gasteiger partial charge is 0.493 e. The van der Waals surface area contributed by atoms with E-state index in [0.29, 0.717) is 0 Å². The van der Waals surface area contributed by atoms with Gasteiger partial charge in [0.05, 0.1) is 6.61 Å². The highest BCUT2D eigenvalue weighted by molar-refractivity contribution is 5.50. The summed E-state index contributed by atoms with van der Waals surface area (Å²) in [7, 11) is 0. The maximum absolute atomic E-state index is 5.76. The van der Waals surface area contributed by atoms with Crippen molar-refractivity contribution in [2.45, 2.75) is 19.8 Å². The Morgan fingerprint density at radius 1 is 1.46 bits per heavy atom. The molecular weight excluding hydrogens is 162 g/mol. The van der Waals surface area contributed by atoms with E-state index in [9.17, 15) is 0 Å². The van der Waals surface area contributed by atoms with Crippen molar-refractivity contribution in [3.63, 3.8) is 0 Å². The first-order valence-corrected chi connectivity index (χ1v) is 4.74. The molecule has 13 heavy (non-hydrogen) atoms. The van der Waals surface area contributed by atoms with Crippen molar-refractivity contribution in [1.29, 1.82) is 0 Å². The van der Waals surface area contributed by atoms with Gasteiger partial charge in [0, 0.05) is 11.8 Å². The molecule has 1 aromatic rings. The summed E-state index contributed by atoms with van der Waals surface area (Å²) in [5, 5.41) is 0. The number of hydrogen-bond donors (Lipinski definition) is 1. The van der Waals surface area contributed by atoms with Gasteiger partial charge in [0.2, 0.25) is 0 Å². The Morgan fingerprint density at radius 2 is 2.23 bits per heavy atom. The van der Waals surface area contributed by atoms with Crippen LogP contribution in [0.3, 0.4) is 0 Å². The molecule has 0 saturated heterocycles. The van der Waals surface area contributed by atoms with Gasteiger partial charge in [-0.25, -0.2) is 0 Å². The summed E-state index contributed by atoms with van der Waals surface area (Å²) in [4.78, 5) is 0. The molecule has 2 heteroatoms. The lowest BCUT2D eigenvalue weighted by atomic mass is 10.2. The molecule has 1 aliphatic rings. The number of nitrogen functional groups attached to an aromatic ring is 1. The van der Waals surface area contributed by atoms with Crippen molar-refractivity contribution >= 4 is 5.69 Å². The summed E-state index contributed by atoms with van der Waals surface area (Å²) in [6, 6.07) is 5.88. The number of anilines is 1. The number of nitrogens with two attached hydrogens (primary N) is 1. The first kappa shape index (κ1) is 8.42. The van der Waals surface area contributed by atoms with E-state index in [1.54, 1.807) is 0 Å². The summed E-state index contributed by atoms with van der Waals surface area (Å²) < 4.78 is 5.59. The molecule has 1 fully saturated rings. The second-order valence-corrected chi connectivity index (χ2v) is 3.77. The maximum Gasteiger partial charge on any atom is 0.121 e. The maximum atomic E-state index is 5.76. The van der Waals surface area contributed by atoms with Crippen LogP contribution in [0, 0.1) is 12.8 Å². The lowest BCUT2D eigenvalue weighted by Gasteiger charge is -2.06. The van der Waals surface area contributed by atoms with Crippen LogP contribution in [-0.4, -0.2) is 6.61 Å². The molecule has 0 spiro atoms. The van der Waals surface area contributed by atoms with Gasteiger partial charge in [0.1, 0.15) is 5.75 Å². The topological polar surface area (TPSA) is 35.2 Å². The van der Waals surface area contributed by atoms with Crippen LogP contribution in [0.25, 0.3) is 0 Å². The number of rotatable bonds is 3. The monoisotopic (exact) mass is 177 g/mol. The Bertz CT molecular complexity index is 305. The summed E-state index contributed by atoms with van der Waals surface area (Å²) in [5.41, 5.74) is 7.69. The third-order valence-corrected chi connectivity index (χ3v) is 2.43. The van der Waals surface area contributed by atoms with Gasteiger partial charge in [0.15, 0.2) is 0 Å². The van der Waals surface area contributed by atoms with E-state index in [2.05, 4.69) is 0 Å². The lowest BCUT2D eigenvalue weighted by molar-refractivity contribution is 0.300. The smallest absolute Gasteiger partial charge is 0.121 e. The third kappa shape index (κ3) is 2.14. The Kier molecular flexibility index (Phi) is 2.13.